The molecule has 6 aliphatic heterocycles. The first-order valence-corrected chi connectivity index (χ1v) is 12.3. The minimum Gasteiger partial charge on any atom is -0.234 e. The van der Waals surface area contributed by atoms with Gasteiger partial charge in [-0.2, -0.15) is 4.52 Å². The predicted molar refractivity (Wildman–Crippen MR) is 85.9 cm³/mol. The third-order valence-electron chi connectivity index (χ3n) is 4.53. The second-order valence-corrected chi connectivity index (χ2v) is 14.0. The molecule has 5 fully saturated rings. The van der Waals surface area contributed by atoms with Gasteiger partial charge in [-0.1, -0.05) is 4.67 Å². The van der Waals surface area contributed by atoms with Crippen LogP contribution >= 0.6 is 23.0 Å². The molecule has 8 nitrogen and oxygen atoms in total. The molecule has 114 valence electrons. The third kappa shape index (κ3) is 1.95. The van der Waals surface area contributed by atoms with Gasteiger partial charge in [-0.3, -0.25) is 0 Å². The average molecular weight is 345 g/mol. The fourth-order valence-electron chi connectivity index (χ4n) is 2.83. The van der Waals surface area contributed by atoms with Gasteiger partial charge in [-0.15, -0.1) is 0 Å². The quantitative estimate of drug-likeness (QED) is 0.563. The van der Waals surface area contributed by atoms with Gasteiger partial charge in [-0.25, -0.2) is 18.7 Å². The van der Waals surface area contributed by atoms with Crippen molar-refractivity contribution in [3.05, 3.63) is 0 Å². The minimum absolute atomic E-state index is 0.643. The van der Waals surface area contributed by atoms with Crippen LogP contribution in [-0.4, -0.2) is 88.8 Å². The molecule has 0 saturated carbocycles. The average Bonchev–Trinajstić information content (AvgIpc) is 3.41. The topological polar surface area (TPSA) is 52.1 Å². The smallest absolute Gasteiger partial charge is 0.234 e. The first-order valence-electron chi connectivity index (χ1n) is 7.86. The van der Waals surface area contributed by atoms with Crippen LogP contribution < -0.4 is 0 Å². The van der Waals surface area contributed by atoms with E-state index in [1.165, 1.54) is 65.4 Å². The zero-order chi connectivity index (χ0) is 13.7. The van der Waals surface area contributed by atoms with E-state index in [1.54, 1.807) is 0 Å². The molecule has 0 N–H and O–H groups in total. The van der Waals surface area contributed by atoms with Gasteiger partial charge in [0, 0.05) is 61.4 Å². The summed E-state index contributed by atoms with van der Waals surface area (Å²) in [5.41, 5.74) is 0. The zero-order valence-electron chi connectivity index (χ0n) is 12.0. The summed E-state index contributed by atoms with van der Waals surface area (Å²) in [6.45, 7) is 11.9. The van der Waals surface area contributed by atoms with Crippen LogP contribution in [0, 0.1) is 0 Å². The lowest BCUT2D eigenvalue weighted by molar-refractivity contribution is 0.751. The fraction of sp³-hybridized carbons (Fsp3) is 1.00. The maximum atomic E-state index is 5.54. The molecule has 0 aromatic carbocycles. The second kappa shape index (κ2) is 4.06. The maximum absolute atomic E-state index is 5.54. The van der Waals surface area contributed by atoms with Crippen molar-refractivity contribution in [1.82, 2.24) is 23.4 Å². The lowest BCUT2D eigenvalue weighted by Crippen LogP contribution is -2.09. The van der Waals surface area contributed by atoms with Crippen molar-refractivity contribution < 1.29 is 0 Å². The highest BCUT2D eigenvalue weighted by Gasteiger charge is 2.60. The van der Waals surface area contributed by atoms with E-state index in [4.69, 9.17) is 13.5 Å². The van der Waals surface area contributed by atoms with Gasteiger partial charge in [0.2, 0.25) is 0 Å². The Morgan fingerprint density at radius 2 is 1.10 bits per heavy atom. The predicted octanol–water partition coefficient (Wildman–Crippen LogP) is 1.97. The summed E-state index contributed by atoms with van der Waals surface area (Å²) < 4.78 is 28.9. The summed E-state index contributed by atoms with van der Waals surface area (Å²) in [5, 5.41) is 0. The molecular weight excluding hydrogens is 325 g/mol. The van der Waals surface area contributed by atoms with Gasteiger partial charge in [0.1, 0.15) is 0 Å². The summed E-state index contributed by atoms with van der Waals surface area (Å²) in [4.78, 5) is 0. The van der Waals surface area contributed by atoms with E-state index >= 15 is 0 Å². The van der Waals surface area contributed by atoms with E-state index in [1.807, 2.05) is 0 Å². The van der Waals surface area contributed by atoms with E-state index in [9.17, 15) is 0 Å². The van der Waals surface area contributed by atoms with Crippen LogP contribution in [0.2, 0.25) is 0 Å². The summed E-state index contributed by atoms with van der Waals surface area (Å²) >= 11 is 0. The first-order chi connectivity index (χ1) is 10.3. The SMILES string of the molecule is C1CN1[P+]1=NP(N2CC2)(N2CC2)=NP(N2CC2)(N2CC2)=N1. The molecule has 0 aromatic rings. The van der Waals surface area contributed by atoms with Gasteiger partial charge in [0.05, 0.1) is 13.1 Å². The van der Waals surface area contributed by atoms with E-state index in [2.05, 4.69) is 23.4 Å². The van der Waals surface area contributed by atoms with Crippen LogP contribution in [0.4, 0.5) is 0 Å². The van der Waals surface area contributed by atoms with Gasteiger partial charge in [-0.05, 0) is 0 Å². The molecule has 1 unspecified atom stereocenters. The van der Waals surface area contributed by atoms with E-state index in [0.29, 0.717) is 0 Å². The number of rotatable bonds is 5. The van der Waals surface area contributed by atoms with Crippen LogP contribution in [0.25, 0.3) is 0 Å². The lowest BCUT2D eigenvalue weighted by Gasteiger charge is -2.28. The Bertz CT molecular complexity index is 594. The summed E-state index contributed by atoms with van der Waals surface area (Å²) in [5.74, 6) is 0. The maximum Gasteiger partial charge on any atom is 0.462 e. The van der Waals surface area contributed by atoms with Crippen LogP contribution in [-0.2, 0) is 0 Å². The highest BCUT2D eigenvalue weighted by atomic mass is 31.2. The van der Waals surface area contributed by atoms with Gasteiger partial charge in [0.15, 0.2) is 0 Å². The summed E-state index contributed by atoms with van der Waals surface area (Å²) in [6, 6.07) is 0. The fourth-order valence-corrected chi connectivity index (χ4v) is 15.4. The molecule has 6 rings (SSSR count). The molecule has 0 spiro atoms. The highest BCUT2D eigenvalue weighted by molar-refractivity contribution is 7.79. The minimum atomic E-state index is -1.76. The Labute approximate surface area is 126 Å². The van der Waals surface area contributed by atoms with Crippen molar-refractivity contribution in [2.24, 2.45) is 13.5 Å². The van der Waals surface area contributed by atoms with Gasteiger partial charge < -0.3 is 0 Å². The second-order valence-electron chi connectivity index (χ2n) is 6.38. The number of hydrogen-bond donors (Lipinski definition) is 0. The van der Waals surface area contributed by atoms with E-state index in [-0.39, 0.29) is 0 Å². The molecule has 6 aliphatic rings. The molecule has 1 atom stereocenters. The van der Waals surface area contributed by atoms with E-state index < -0.39 is 23.0 Å². The zero-order valence-corrected chi connectivity index (χ0v) is 14.7. The lowest BCUT2D eigenvalue weighted by atomic mass is 11.0. The van der Waals surface area contributed by atoms with Crippen molar-refractivity contribution in [1.29, 1.82) is 0 Å². The van der Waals surface area contributed by atoms with Crippen molar-refractivity contribution in [3.8, 4) is 0 Å². The molecule has 6 heterocycles. The number of hydrogen-bond acceptors (Lipinski definition) is 8. The van der Waals surface area contributed by atoms with Crippen LogP contribution in [0.15, 0.2) is 13.5 Å². The van der Waals surface area contributed by atoms with Gasteiger partial charge in [0.25, 0.3) is 15.0 Å². The Morgan fingerprint density at radius 1 is 0.619 bits per heavy atom. The molecule has 0 aliphatic carbocycles. The molecule has 0 amide bonds. The standard InChI is InChI=1S/C10H20N8P3/c1-2-14(1)19-11-20(15-3-4-15,16-5-6-16)13-21(12-19,17-7-8-17)18-9-10-18/h1-10H2/q+1. The van der Waals surface area contributed by atoms with Crippen LogP contribution in [0.5, 0.6) is 0 Å². The first kappa shape index (κ1) is 12.7. The van der Waals surface area contributed by atoms with Crippen molar-refractivity contribution in [2.45, 2.75) is 0 Å². The molecule has 11 heteroatoms. The van der Waals surface area contributed by atoms with Crippen LogP contribution in [0.1, 0.15) is 0 Å². The highest BCUT2D eigenvalue weighted by Crippen LogP contribution is 2.82. The summed E-state index contributed by atoms with van der Waals surface area (Å²) in [7, 11) is -4.15. The normalized spacial score (nSPS) is 39.1. The summed E-state index contributed by atoms with van der Waals surface area (Å²) in [6.07, 6.45) is 0. The van der Waals surface area contributed by atoms with Gasteiger partial charge >= 0.3 is 8.01 Å². The Hall–Kier alpha value is 0.360. The van der Waals surface area contributed by atoms with Crippen molar-refractivity contribution >= 4 is 23.0 Å². The van der Waals surface area contributed by atoms with Crippen molar-refractivity contribution in [2.75, 3.05) is 65.4 Å². The number of nitrogens with zero attached hydrogens (tertiary/aromatic N) is 8. The molecule has 0 radical (unpaired) electrons. The largest absolute Gasteiger partial charge is 0.462 e. The molecule has 0 bridgehead atoms. The third-order valence-corrected chi connectivity index (χ3v) is 15.2. The monoisotopic (exact) mass is 345 g/mol. The molecule has 0 aromatic heterocycles. The molecule has 5 saturated heterocycles. The molecule has 21 heavy (non-hydrogen) atoms. The Kier molecular flexibility index (Phi) is 2.46. The van der Waals surface area contributed by atoms with Crippen molar-refractivity contribution in [3.63, 3.8) is 0 Å². The Morgan fingerprint density at radius 3 is 1.52 bits per heavy atom. The van der Waals surface area contributed by atoms with Crippen LogP contribution in [0.3, 0.4) is 0 Å². The van der Waals surface area contributed by atoms with E-state index in [0.717, 1.165) is 0 Å². The Balaban J connectivity index is 1.59. The molecular formula is C10H20N8P3+.